The van der Waals surface area contributed by atoms with Gasteiger partial charge in [-0.15, -0.1) is 5.10 Å². The molecule has 0 unspecified atom stereocenters. The number of amides is 2. The second-order valence-electron chi connectivity index (χ2n) is 7.63. The molecule has 1 heterocycles. The fourth-order valence-corrected chi connectivity index (χ4v) is 3.87. The summed E-state index contributed by atoms with van der Waals surface area (Å²) in [5.74, 6) is -4.29. The molecule has 2 aromatic carbocycles. The van der Waals surface area contributed by atoms with Crippen LogP contribution in [0.1, 0.15) is 27.7 Å². The van der Waals surface area contributed by atoms with Crippen LogP contribution >= 0.6 is 0 Å². The van der Waals surface area contributed by atoms with Crippen molar-refractivity contribution in [1.29, 1.82) is 0 Å². The summed E-state index contributed by atoms with van der Waals surface area (Å²) in [4.78, 5) is 39.1. The van der Waals surface area contributed by atoms with Gasteiger partial charge in [0.15, 0.2) is 0 Å². The van der Waals surface area contributed by atoms with Gasteiger partial charge in [0.1, 0.15) is 19.7 Å². The number of anilines is 1. The highest BCUT2D eigenvalue weighted by Gasteiger charge is 2.35. The van der Waals surface area contributed by atoms with Crippen LogP contribution in [0, 0.1) is 0 Å². The van der Waals surface area contributed by atoms with E-state index in [0.717, 1.165) is 22.3 Å². The minimum atomic E-state index is -4.83. The molecule has 35 heavy (non-hydrogen) atoms. The number of ether oxygens (including phenoxy) is 1. The lowest BCUT2D eigenvalue weighted by Crippen LogP contribution is -2.42. The van der Waals surface area contributed by atoms with Gasteiger partial charge in [-0.05, 0) is 22.3 Å². The predicted molar refractivity (Wildman–Crippen MR) is 115 cm³/mol. The number of H-pyrrole nitrogens is 1. The first kappa shape index (κ1) is 23.7. The van der Waals surface area contributed by atoms with Gasteiger partial charge in [0.2, 0.25) is 5.82 Å². The van der Waals surface area contributed by atoms with Gasteiger partial charge >= 0.3 is 18.2 Å². The molecule has 0 atom stereocenters. The van der Waals surface area contributed by atoms with E-state index in [1.165, 1.54) is 0 Å². The lowest BCUT2D eigenvalue weighted by Gasteiger charge is -2.20. The molecule has 3 aromatic rings. The number of carboxylic acid groups (broad SMARTS) is 1. The highest BCUT2D eigenvalue weighted by atomic mass is 19.4. The van der Waals surface area contributed by atoms with Crippen molar-refractivity contribution >= 4 is 23.9 Å². The quantitative estimate of drug-likeness (QED) is 0.463. The predicted octanol–water partition coefficient (Wildman–Crippen LogP) is 3.25. The minimum absolute atomic E-state index is 0.00591. The Hall–Kier alpha value is -4.42. The summed E-state index contributed by atoms with van der Waals surface area (Å²) < 4.78 is 43.4. The molecule has 0 fully saturated rings. The van der Waals surface area contributed by atoms with Crippen molar-refractivity contribution in [3.05, 3.63) is 65.5 Å². The number of aromatic amines is 1. The highest BCUT2D eigenvalue weighted by Crippen LogP contribution is 2.44. The number of nitrogens with zero attached hydrogens (tertiary/aromatic N) is 3. The van der Waals surface area contributed by atoms with Gasteiger partial charge in [0.05, 0.1) is 0 Å². The third kappa shape index (κ3) is 5.39. The summed E-state index contributed by atoms with van der Waals surface area (Å²) in [6.45, 7) is -3.00. The number of alkyl halides is 3. The Kier molecular flexibility index (Phi) is 6.40. The zero-order valence-corrected chi connectivity index (χ0v) is 17.9. The standard InChI is InChI=1S/C22H18F3N5O5/c23-22(24,25)11-30(9-17(31)32)19(33)18-26-20(29-28-18)27-21(34)35-10-16-14-7-3-1-5-12(14)13-6-2-4-8-15(13)16/h1-8,16H,9-11H2,(H,31,32)(H2,26,27,28,29,34). The fourth-order valence-electron chi connectivity index (χ4n) is 3.87. The summed E-state index contributed by atoms with van der Waals surface area (Å²) in [5.41, 5.74) is 4.07. The number of hydrogen-bond donors (Lipinski definition) is 3. The number of halogens is 3. The maximum atomic E-state index is 12.7. The van der Waals surface area contributed by atoms with Crippen molar-refractivity contribution in [3.63, 3.8) is 0 Å². The lowest BCUT2D eigenvalue weighted by molar-refractivity contribution is -0.149. The lowest BCUT2D eigenvalue weighted by atomic mass is 9.98. The average Bonchev–Trinajstić information content (AvgIpc) is 3.38. The Labute approximate surface area is 195 Å². The van der Waals surface area contributed by atoms with Gasteiger partial charge in [0.25, 0.3) is 11.9 Å². The second-order valence-corrected chi connectivity index (χ2v) is 7.63. The highest BCUT2D eigenvalue weighted by molar-refractivity contribution is 5.93. The number of fused-ring (bicyclic) bond motifs is 3. The summed E-state index contributed by atoms with van der Waals surface area (Å²) >= 11 is 0. The number of hydrogen-bond acceptors (Lipinski definition) is 6. The van der Waals surface area contributed by atoms with Crippen molar-refractivity contribution in [2.24, 2.45) is 0 Å². The first-order valence-corrected chi connectivity index (χ1v) is 10.2. The van der Waals surface area contributed by atoms with Gasteiger partial charge in [-0.3, -0.25) is 20.0 Å². The van der Waals surface area contributed by atoms with Gasteiger partial charge in [-0.2, -0.15) is 18.2 Å². The number of rotatable bonds is 7. The molecule has 4 rings (SSSR count). The fraction of sp³-hybridized carbons (Fsp3) is 0.227. The molecule has 0 aliphatic heterocycles. The molecule has 2 amide bonds. The number of carbonyl (C=O) groups is 3. The van der Waals surface area contributed by atoms with E-state index in [4.69, 9.17) is 9.84 Å². The summed E-state index contributed by atoms with van der Waals surface area (Å²) in [7, 11) is 0. The minimum Gasteiger partial charge on any atom is -0.480 e. The number of aromatic nitrogens is 3. The van der Waals surface area contributed by atoms with Crippen LogP contribution < -0.4 is 5.32 Å². The molecule has 0 spiro atoms. The van der Waals surface area contributed by atoms with Crippen molar-refractivity contribution in [2.45, 2.75) is 12.1 Å². The van der Waals surface area contributed by atoms with E-state index in [1.54, 1.807) is 0 Å². The molecular formula is C22H18F3N5O5. The van der Waals surface area contributed by atoms with E-state index in [0.29, 0.717) is 0 Å². The number of nitrogens with one attached hydrogen (secondary N) is 2. The van der Waals surface area contributed by atoms with E-state index in [1.807, 2.05) is 48.5 Å². The maximum Gasteiger partial charge on any atom is 0.414 e. The van der Waals surface area contributed by atoms with Gasteiger partial charge in [-0.1, -0.05) is 48.5 Å². The van der Waals surface area contributed by atoms with Crippen LogP contribution in [0.4, 0.5) is 23.9 Å². The van der Waals surface area contributed by atoms with E-state index in [2.05, 4.69) is 20.5 Å². The molecule has 182 valence electrons. The largest absolute Gasteiger partial charge is 0.480 e. The number of benzene rings is 2. The van der Waals surface area contributed by atoms with Crippen LogP contribution in [0.5, 0.6) is 0 Å². The SMILES string of the molecule is O=C(O)CN(CC(F)(F)F)C(=O)c1nc(NC(=O)OCC2c3ccccc3-c3ccccc32)n[nH]1. The molecule has 1 aliphatic rings. The third-order valence-corrected chi connectivity index (χ3v) is 5.23. The Balaban J connectivity index is 1.40. The molecule has 0 radical (unpaired) electrons. The van der Waals surface area contributed by atoms with Crippen LogP contribution in [-0.2, 0) is 9.53 Å². The van der Waals surface area contributed by atoms with Gasteiger partial charge < -0.3 is 14.7 Å². The number of carbonyl (C=O) groups excluding carboxylic acids is 2. The molecule has 0 saturated heterocycles. The summed E-state index contributed by atoms with van der Waals surface area (Å²) in [5, 5.41) is 16.6. The molecule has 1 aromatic heterocycles. The Morgan fingerprint density at radius 3 is 2.23 bits per heavy atom. The Bertz CT molecular complexity index is 1230. The van der Waals surface area contributed by atoms with Crippen LogP contribution in [0.3, 0.4) is 0 Å². The number of carboxylic acids is 1. The Morgan fingerprint density at radius 2 is 1.66 bits per heavy atom. The smallest absolute Gasteiger partial charge is 0.414 e. The van der Waals surface area contributed by atoms with Crippen LogP contribution in [0.15, 0.2) is 48.5 Å². The molecule has 0 saturated carbocycles. The van der Waals surface area contributed by atoms with E-state index < -0.39 is 49.0 Å². The molecular weight excluding hydrogens is 471 g/mol. The van der Waals surface area contributed by atoms with Crippen LogP contribution in [0.2, 0.25) is 0 Å². The molecule has 0 bridgehead atoms. The third-order valence-electron chi connectivity index (χ3n) is 5.23. The molecule has 10 nitrogen and oxygen atoms in total. The van der Waals surface area contributed by atoms with Crippen molar-refractivity contribution in [3.8, 4) is 11.1 Å². The topological polar surface area (TPSA) is 138 Å². The maximum absolute atomic E-state index is 12.7. The van der Waals surface area contributed by atoms with Crippen LogP contribution in [-0.4, -0.2) is 69.0 Å². The zero-order valence-electron chi connectivity index (χ0n) is 17.9. The van der Waals surface area contributed by atoms with Crippen molar-refractivity contribution < 1.29 is 37.4 Å². The van der Waals surface area contributed by atoms with E-state index in [-0.39, 0.29) is 17.4 Å². The molecule has 3 N–H and O–H groups in total. The van der Waals surface area contributed by atoms with Crippen molar-refractivity contribution in [2.75, 3.05) is 25.0 Å². The summed E-state index contributed by atoms with van der Waals surface area (Å²) in [6.07, 6.45) is -5.77. The molecule has 13 heteroatoms. The normalized spacial score (nSPS) is 12.5. The average molecular weight is 489 g/mol. The first-order chi connectivity index (χ1) is 16.6. The van der Waals surface area contributed by atoms with E-state index in [9.17, 15) is 27.6 Å². The van der Waals surface area contributed by atoms with Gasteiger partial charge in [0, 0.05) is 5.92 Å². The van der Waals surface area contributed by atoms with E-state index >= 15 is 0 Å². The Morgan fingerprint density at radius 1 is 1.06 bits per heavy atom. The number of aliphatic carboxylic acids is 1. The zero-order chi connectivity index (χ0) is 25.2. The monoisotopic (exact) mass is 489 g/mol. The first-order valence-electron chi connectivity index (χ1n) is 10.2. The summed E-state index contributed by atoms with van der Waals surface area (Å²) in [6, 6.07) is 15.4. The van der Waals surface area contributed by atoms with Crippen LogP contribution in [0.25, 0.3) is 11.1 Å². The van der Waals surface area contributed by atoms with Crippen molar-refractivity contribution in [1.82, 2.24) is 20.1 Å². The second kappa shape index (κ2) is 9.44. The molecule has 1 aliphatic carbocycles. The van der Waals surface area contributed by atoms with Gasteiger partial charge in [-0.25, -0.2) is 4.79 Å².